The molecule has 3 atom stereocenters. The van der Waals surface area contributed by atoms with Gasteiger partial charge in [-0.15, -0.1) is 0 Å². The van der Waals surface area contributed by atoms with Gasteiger partial charge in [0.2, 0.25) is 5.91 Å². The number of piperidine rings is 1. The number of amides is 1. The van der Waals surface area contributed by atoms with Crippen molar-refractivity contribution in [2.45, 2.75) is 39.2 Å². The van der Waals surface area contributed by atoms with Gasteiger partial charge in [0.25, 0.3) is 0 Å². The van der Waals surface area contributed by atoms with Crippen LogP contribution in [0.15, 0.2) is 4.99 Å². The highest BCUT2D eigenvalue weighted by Crippen LogP contribution is 2.28. The van der Waals surface area contributed by atoms with E-state index < -0.39 is 5.60 Å². The van der Waals surface area contributed by atoms with Crippen LogP contribution in [0, 0.1) is 11.8 Å². The summed E-state index contributed by atoms with van der Waals surface area (Å²) in [6.07, 6.45) is 2.05. The summed E-state index contributed by atoms with van der Waals surface area (Å²) in [4.78, 5) is 24.1. The number of thioether (sulfide) groups is 1. The van der Waals surface area contributed by atoms with Gasteiger partial charge in [-0.3, -0.25) is 14.7 Å². The van der Waals surface area contributed by atoms with Crippen LogP contribution in [0.1, 0.15) is 33.6 Å². The third-order valence-corrected chi connectivity index (χ3v) is 7.43. The monoisotopic (exact) mass is 425 g/mol. The Balaban J connectivity index is 1.48. The van der Waals surface area contributed by atoms with E-state index in [0.717, 1.165) is 69.7 Å². The van der Waals surface area contributed by atoms with Crippen LogP contribution in [0.4, 0.5) is 0 Å². The molecule has 0 aliphatic carbocycles. The maximum Gasteiger partial charge on any atom is 0.236 e. The molecule has 3 unspecified atom stereocenters. The number of hydrogen-bond acceptors (Lipinski definition) is 5. The molecule has 3 saturated heterocycles. The highest BCUT2D eigenvalue weighted by atomic mass is 32.2. The molecule has 0 aromatic heterocycles. The summed E-state index contributed by atoms with van der Waals surface area (Å²) in [6, 6.07) is 0. The van der Waals surface area contributed by atoms with Crippen LogP contribution in [0.5, 0.6) is 0 Å². The van der Waals surface area contributed by atoms with Gasteiger partial charge in [-0.2, -0.15) is 11.8 Å². The van der Waals surface area contributed by atoms with Crippen LogP contribution in [-0.4, -0.2) is 108 Å². The lowest BCUT2D eigenvalue weighted by atomic mass is 9.92. The van der Waals surface area contributed by atoms with Crippen molar-refractivity contribution in [3.05, 3.63) is 0 Å². The van der Waals surface area contributed by atoms with E-state index in [9.17, 15) is 9.90 Å². The minimum atomic E-state index is -0.651. The fourth-order valence-electron chi connectivity index (χ4n) is 4.64. The highest BCUT2D eigenvalue weighted by Gasteiger charge is 2.32. The van der Waals surface area contributed by atoms with E-state index in [1.807, 2.05) is 0 Å². The predicted molar refractivity (Wildman–Crippen MR) is 120 cm³/mol. The minimum Gasteiger partial charge on any atom is -0.387 e. The number of guanidine groups is 1. The summed E-state index contributed by atoms with van der Waals surface area (Å²) >= 11 is 1.80. The number of likely N-dealkylation sites (tertiary alicyclic amines) is 1. The average molecular weight is 426 g/mol. The van der Waals surface area contributed by atoms with E-state index in [4.69, 9.17) is 4.99 Å². The molecule has 0 radical (unpaired) electrons. The van der Waals surface area contributed by atoms with Crippen LogP contribution in [0.3, 0.4) is 0 Å². The molecule has 29 heavy (non-hydrogen) atoms. The zero-order valence-electron chi connectivity index (χ0n) is 18.4. The number of carbonyl (C=O) groups excluding carboxylic acids is 1. The molecule has 3 heterocycles. The predicted octanol–water partition coefficient (Wildman–Crippen LogP) is 0.942. The number of aliphatic hydroxyl groups is 1. The van der Waals surface area contributed by atoms with Crippen LogP contribution in [0.2, 0.25) is 0 Å². The first kappa shape index (κ1) is 22.7. The Morgan fingerprint density at radius 1 is 1.17 bits per heavy atom. The second-order valence-electron chi connectivity index (χ2n) is 9.21. The van der Waals surface area contributed by atoms with E-state index >= 15 is 0 Å². The van der Waals surface area contributed by atoms with Crippen molar-refractivity contribution in [3.63, 3.8) is 0 Å². The second kappa shape index (κ2) is 10.4. The number of carbonyl (C=O) groups is 1. The number of piperazine rings is 1. The highest BCUT2D eigenvalue weighted by molar-refractivity contribution is 7.99. The molecule has 0 aromatic rings. The van der Waals surface area contributed by atoms with Crippen molar-refractivity contribution < 1.29 is 9.90 Å². The Labute approximate surface area is 180 Å². The fraction of sp³-hybridized carbons (Fsp3) is 0.905. The molecule has 3 aliphatic heterocycles. The number of aliphatic imine (C=N–C) groups is 1. The summed E-state index contributed by atoms with van der Waals surface area (Å²) in [7, 11) is 0. The first-order valence-corrected chi connectivity index (χ1v) is 12.4. The Morgan fingerprint density at radius 3 is 2.45 bits per heavy atom. The summed E-state index contributed by atoms with van der Waals surface area (Å²) in [6.45, 7) is 13.6. The summed E-state index contributed by atoms with van der Waals surface area (Å²) in [5.41, 5.74) is -0.651. The molecule has 7 nitrogen and oxygen atoms in total. The van der Waals surface area contributed by atoms with Crippen molar-refractivity contribution in [3.8, 4) is 0 Å². The molecule has 166 valence electrons. The fourth-order valence-corrected chi connectivity index (χ4v) is 5.93. The molecular formula is C21H39N5O2S. The largest absolute Gasteiger partial charge is 0.387 e. The molecule has 8 heteroatoms. The van der Waals surface area contributed by atoms with Crippen LogP contribution >= 0.6 is 11.8 Å². The molecule has 2 N–H and O–H groups in total. The Kier molecular flexibility index (Phi) is 8.10. The third-order valence-electron chi connectivity index (χ3n) is 6.19. The zero-order chi connectivity index (χ0) is 20.9. The summed E-state index contributed by atoms with van der Waals surface area (Å²) < 4.78 is 0. The quantitative estimate of drug-likeness (QED) is 0.505. The SMILES string of the molecule is CCNC(=NCC1(O)CCSC1)N1CCN(CC(=O)N2CC(C)CC(C)C2)CC1. The topological polar surface area (TPSA) is 71.4 Å². The first-order chi connectivity index (χ1) is 13.9. The average Bonchev–Trinajstić information content (AvgIpc) is 3.12. The maximum atomic E-state index is 12.8. The number of hydrogen-bond donors (Lipinski definition) is 2. The van der Waals surface area contributed by atoms with Crippen molar-refractivity contribution in [1.29, 1.82) is 0 Å². The Morgan fingerprint density at radius 2 is 1.86 bits per heavy atom. The van der Waals surface area contributed by atoms with Crippen LogP contribution in [-0.2, 0) is 4.79 Å². The Hall–Kier alpha value is -0.990. The summed E-state index contributed by atoms with van der Waals surface area (Å²) in [5, 5.41) is 14.0. The van der Waals surface area contributed by atoms with Crippen molar-refractivity contribution >= 4 is 23.6 Å². The molecule has 0 aromatic carbocycles. The van der Waals surface area contributed by atoms with Crippen molar-refractivity contribution in [2.75, 3.05) is 70.4 Å². The van der Waals surface area contributed by atoms with Gasteiger partial charge in [0.1, 0.15) is 0 Å². The minimum absolute atomic E-state index is 0.276. The van der Waals surface area contributed by atoms with Gasteiger partial charge in [0.15, 0.2) is 5.96 Å². The van der Waals surface area contributed by atoms with E-state index in [1.54, 1.807) is 11.8 Å². The Bertz CT molecular complexity index is 563. The van der Waals surface area contributed by atoms with E-state index in [2.05, 4.69) is 40.8 Å². The smallest absolute Gasteiger partial charge is 0.236 e. The van der Waals surface area contributed by atoms with Crippen LogP contribution in [0.25, 0.3) is 0 Å². The zero-order valence-corrected chi connectivity index (χ0v) is 19.2. The lowest BCUT2D eigenvalue weighted by molar-refractivity contribution is -0.135. The van der Waals surface area contributed by atoms with E-state index in [1.165, 1.54) is 6.42 Å². The summed E-state index contributed by atoms with van der Waals surface area (Å²) in [5.74, 6) is 4.17. The normalized spacial score (nSPS) is 31.9. The van der Waals surface area contributed by atoms with E-state index in [0.29, 0.717) is 24.9 Å². The second-order valence-corrected chi connectivity index (χ2v) is 10.3. The van der Waals surface area contributed by atoms with Gasteiger partial charge >= 0.3 is 0 Å². The molecular weight excluding hydrogens is 386 g/mol. The lowest BCUT2D eigenvalue weighted by Gasteiger charge is -2.39. The van der Waals surface area contributed by atoms with Crippen LogP contribution < -0.4 is 5.32 Å². The van der Waals surface area contributed by atoms with Gasteiger partial charge in [-0.25, -0.2) is 0 Å². The molecule has 0 spiro atoms. The van der Waals surface area contributed by atoms with Crippen molar-refractivity contribution in [2.24, 2.45) is 16.8 Å². The van der Waals surface area contributed by atoms with Gasteiger partial charge in [-0.05, 0) is 37.4 Å². The first-order valence-electron chi connectivity index (χ1n) is 11.2. The molecule has 3 fully saturated rings. The van der Waals surface area contributed by atoms with Gasteiger partial charge < -0.3 is 20.2 Å². The molecule has 0 saturated carbocycles. The molecule has 1 amide bonds. The standard InChI is InChI=1S/C21H39N5O2S/c1-4-22-20(23-15-21(28)5-10-29-16-21)25-8-6-24(7-9-25)14-19(27)26-12-17(2)11-18(3)13-26/h17-18,28H,4-16H2,1-3H3,(H,22,23). The lowest BCUT2D eigenvalue weighted by Crippen LogP contribution is -2.55. The molecule has 3 rings (SSSR count). The number of nitrogens with one attached hydrogen (secondary N) is 1. The van der Waals surface area contributed by atoms with E-state index in [-0.39, 0.29) is 5.91 Å². The van der Waals surface area contributed by atoms with Crippen molar-refractivity contribution in [1.82, 2.24) is 20.0 Å². The van der Waals surface area contributed by atoms with Gasteiger partial charge in [0.05, 0.1) is 18.7 Å². The van der Waals surface area contributed by atoms with Gasteiger partial charge in [0, 0.05) is 51.6 Å². The van der Waals surface area contributed by atoms with Gasteiger partial charge in [-0.1, -0.05) is 13.8 Å². The number of rotatable bonds is 5. The molecule has 3 aliphatic rings. The maximum absolute atomic E-state index is 12.8. The number of nitrogens with zero attached hydrogens (tertiary/aromatic N) is 4. The molecule has 0 bridgehead atoms. The third kappa shape index (κ3) is 6.49.